The maximum absolute atomic E-state index is 13.3. The first-order valence-corrected chi connectivity index (χ1v) is 6.12. The molecule has 0 radical (unpaired) electrons. The normalized spacial score (nSPS) is 12.1. The van der Waals surface area contributed by atoms with Gasteiger partial charge in [0.1, 0.15) is 12.1 Å². The van der Waals surface area contributed by atoms with Crippen LogP contribution in [-0.2, 0) is 4.79 Å². The first kappa shape index (κ1) is 12.6. The first-order chi connectivity index (χ1) is 8.66. The summed E-state index contributed by atoms with van der Waals surface area (Å²) in [4.78, 5) is 15.7. The number of aromatic nitrogens is 3. The number of anilines is 1. The van der Waals surface area contributed by atoms with Crippen LogP contribution in [0.25, 0.3) is 0 Å². The molecule has 0 aliphatic heterocycles. The van der Waals surface area contributed by atoms with Crippen LogP contribution in [0.3, 0.4) is 0 Å². The maximum atomic E-state index is 13.3. The number of thioether (sulfide) groups is 1. The van der Waals surface area contributed by atoms with Gasteiger partial charge in [-0.2, -0.15) is 5.10 Å². The van der Waals surface area contributed by atoms with E-state index >= 15 is 0 Å². The van der Waals surface area contributed by atoms with Gasteiger partial charge in [-0.3, -0.25) is 9.89 Å². The van der Waals surface area contributed by atoms with Crippen molar-refractivity contribution < 1.29 is 9.18 Å². The zero-order valence-electron chi connectivity index (χ0n) is 9.55. The number of carbonyl (C=O) groups is 1. The van der Waals surface area contributed by atoms with E-state index in [0.29, 0.717) is 5.16 Å². The molecule has 0 aliphatic rings. The third kappa shape index (κ3) is 3.07. The van der Waals surface area contributed by atoms with Crippen molar-refractivity contribution in [3.05, 3.63) is 36.4 Å². The number of para-hydroxylation sites is 1. The van der Waals surface area contributed by atoms with E-state index in [1.54, 1.807) is 19.1 Å². The predicted octanol–water partition coefficient (Wildman–Crippen LogP) is 2.06. The molecule has 1 aromatic carbocycles. The number of halogens is 1. The fourth-order valence-corrected chi connectivity index (χ4v) is 1.98. The summed E-state index contributed by atoms with van der Waals surface area (Å²) in [6.45, 7) is 1.71. The maximum Gasteiger partial charge on any atom is 0.237 e. The number of carbonyl (C=O) groups excluding carboxylic acids is 1. The van der Waals surface area contributed by atoms with Crippen LogP contribution < -0.4 is 5.32 Å². The molecule has 94 valence electrons. The molecule has 18 heavy (non-hydrogen) atoms. The fraction of sp³-hybridized carbons (Fsp3) is 0.182. The summed E-state index contributed by atoms with van der Waals surface area (Å²) in [5.41, 5.74) is 0.174. The largest absolute Gasteiger partial charge is 0.323 e. The van der Waals surface area contributed by atoms with Gasteiger partial charge in [-0.15, -0.1) is 0 Å². The monoisotopic (exact) mass is 266 g/mol. The highest BCUT2D eigenvalue weighted by Gasteiger charge is 2.17. The smallest absolute Gasteiger partial charge is 0.237 e. The Kier molecular flexibility index (Phi) is 3.93. The SMILES string of the molecule is CC(Sc1ncn[nH]1)C(=O)Nc1ccccc1F. The quantitative estimate of drug-likeness (QED) is 0.831. The van der Waals surface area contributed by atoms with Crippen LogP contribution in [0.5, 0.6) is 0 Å². The van der Waals surface area contributed by atoms with Crippen LogP contribution in [0.15, 0.2) is 35.7 Å². The van der Waals surface area contributed by atoms with E-state index in [1.807, 2.05) is 0 Å². The lowest BCUT2D eigenvalue weighted by atomic mass is 10.3. The summed E-state index contributed by atoms with van der Waals surface area (Å²) >= 11 is 1.22. The van der Waals surface area contributed by atoms with E-state index < -0.39 is 11.1 Å². The Labute approximate surface area is 107 Å². The lowest BCUT2D eigenvalue weighted by Gasteiger charge is -2.10. The third-order valence-electron chi connectivity index (χ3n) is 2.18. The number of benzene rings is 1. The van der Waals surface area contributed by atoms with Gasteiger partial charge >= 0.3 is 0 Å². The van der Waals surface area contributed by atoms with Crippen molar-refractivity contribution >= 4 is 23.4 Å². The van der Waals surface area contributed by atoms with Gasteiger partial charge in [0.25, 0.3) is 0 Å². The molecule has 0 spiro atoms. The predicted molar refractivity (Wildman–Crippen MR) is 66.7 cm³/mol. The second-order valence-corrected chi connectivity index (χ2v) is 4.85. The molecule has 0 bridgehead atoms. The van der Waals surface area contributed by atoms with Gasteiger partial charge < -0.3 is 5.32 Å². The molecule has 1 aromatic heterocycles. The first-order valence-electron chi connectivity index (χ1n) is 5.24. The average Bonchev–Trinajstić information content (AvgIpc) is 2.84. The van der Waals surface area contributed by atoms with Crippen LogP contribution in [0.1, 0.15) is 6.92 Å². The Morgan fingerprint density at radius 2 is 2.28 bits per heavy atom. The van der Waals surface area contributed by atoms with Crippen molar-refractivity contribution in [3.8, 4) is 0 Å². The van der Waals surface area contributed by atoms with Gasteiger partial charge in [0.05, 0.1) is 10.9 Å². The fourth-order valence-electron chi connectivity index (χ4n) is 1.27. The standard InChI is InChI=1S/C11H11FN4OS/c1-7(18-11-13-6-14-16-11)10(17)15-9-5-3-2-4-8(9)12/h2-7H,1H3,(H,15,17)(H,13,14,16). The highest BCUT2D eigenvalue weighted by Crippen LogP contribution is 2.20. The topological polar surface area (TPSA) is 70.7 Å². The Hall–Kier alpha value is -1.89. The van der Waals surface area contributed by atoms with Crippen molar-refractivity contribution in [1.82, 2.24) is 15.2 Å². The number of nitrogens with one attached hydrogen (secondary N) is 2. The number of rotatable bonds is 4. The zero-order valence-corrected chi connectivity index (χ0v) is 10.4. The number of H-pyrrole nitrogens is 1. The number of aromatic amines is 1. The molecule has 0 saturated heterocycles. The molecule has 1 amide bonds. The summed E-state index contributed by atoms with van der Waals surface area (Å²) in [5, 5.41) is 9.00. The molecule has 1 heterocycles. The second kappa shape index (κ2) is 5.63. The van der Waals surface area contributed by atoms with Crippen LogP contribution in [0.2, 0.25) is 0 Å². The molecule has 1 unspecified atom stereocenters. The van der Waals surface area contributed by atoms with Gasteiger partial charge in [-0.1, -0.05) is 23.9 Å². The highest BCUT2D eigenvalue weighted by molar-refractivity contribution is 8.00. The molecule has 0 fully saturated rings. The molecule has 2 rings (SSSR count). The lowest BCUT2D eigenvalue weighted by molar-refractivity contribution is -0.115. The Bertz CT molecular complexity index is 532. The van der Waals surface area contributed by atoms with Crippen molar-refractivity contribution in [1.29, 1.82) is 0 Å². The Morgan fingerprint density at radius 1 is 1.50 bits per heavy atom. The van der Waals surface area contributed by atoms with Crippen molar-refractivity contribution in [2.75, 3.05) is 5.32 Å². The van der Waals surface area contributed by atoms with E-state index in [4.69, 9.17) is 0 Å². The molecule has 0 saturated carbocycles. The minimum Gasteiger partial charge on any atom is -0.323 e. The summed E-state index contributed by atoms with van der Waals surface area (Å²) < 4.78 is 13.3. The van der Waals surface area contributed by atoms with Crippen molar-refractivity contribution in [2.45, 2.75) is 17.3 Å². The Morgan fingerprint density at radius 3 is 2.94 bits per heavy atom. The van der Waals surface area contributed by atoms with E-state index in [9.17, 15) is 9.18 Å². The summed E-state index contributed by atoms with van der Waals surface area (Å²) in [6.07, 6.45) is 1.36. The Balaban J connectivity index is 1.98. The molecule has 7 heteroatoms. The number of hydrogen-bond donors (Lipinski definition) is 2. The number of nitrogens with zero attached hydrogens (tertiary/aromatic N) is 2. The number of hydrogen-bond acceptors (Lipinski definition) is 4. The molecular weight excluding hydrogens is 255 g/mol. The minimum absolute atomic E-state index is 0.174. The van der Waals surface area contributed by atoms with Crippen molar-refractivity contribution in [3.63, 3.8) is 0 Å². The lowest BCUT2D eigenvalue weighted by Crippen LogP contribution is -2.23. The summed E-state index contributed by atoms with van der Waals surface area (Å²) in [6, 6.07) is 6.04. The van der Waals surface area contributed by atoms with E-state index in [2.05, 4.69) is 20.5 Å². The minimum atomic E-state index is -0.456. The van der Waals surface area contributed by atoms with E-state index in [-0.39, 0.29) is 11.6 Å². The number of amides is 1. The van der Waals surface area contributed by atoms with Gasteiger partial charge in [-0.05, 0) is 19.1 Å². The van der Waals surface area contributed by atoms with Crippen LogP contribution >= 0.6 is 11.8 Å². The molecule has 1 atom stereocenters. The zero-order chi connectivity index (χ0) is 13.0. The molecule has 5 nitrogen and oxygen atoms in total. The molecule has 2 N–H and O–H groups in total. The van der Waals surface area contributed by atoms with Crippen molar-refractivity contribution in [2.24, 2.45) is 0 Å². The average molecular weight is 266 g/mol. The van der Waals surface area contributed by atoms with Gasteiger partial charge in [-0.25, -0.2) is 9.37 Å². The summed E-state index contributed by atoms with van der Waals surface area (Å²) in [7, 11) is 0. The van der Waals surface area contributed by atoms with Crippen LogP contribution in [0, 0.1) is 5.82 Å². The molecule has 2 aromatic rings. The van der Waals surface area contributed by atoms with Gasteiger partial charge in [0.2, 0.25) is 5.91 Å². The summed E-state index contributed by atoms with van der Waals surface area (Å²) in [5.74, 6) is -0.746. The molecular formula is C11H11FN4OS. The van der Waals surface area contributed by atoms with Crippen LogP contribution in [-0.4, -0.2) is 26.3 Å². The van der Waals surface area contributed by atoms with E-state index in [1.165, 1.54) is 30.2 Å². The molecule has 0 aliphatic carbocycles. The third-order valence-corrected chi connectivity index (χ3v) is 3.17. The van der Waals surface area contributed by atoms with E-state index in [0.717, 1.165) is 0 Å². The highest BCUT2D eigenvalue weighted by atomic mass is 32.2. The van der Waals surface area contributed by atoms with Gasteiger partial charge in [0.15, 0.2) is 5.16 Å². The second-order valence-electron chi connectivity index (χ2n) is 3.52. The van der Waals surface area contributed by atoms with Gasteiger partial charge in [0, 0.05) is 0 Å². The van der Waals surface area contributed by atoms with Crippen LogP contribution in [0.4, 0.5) is 10.1 Å².